The van der Waals surface area contributed by atoms with Crippen molar-refractivity contribution in [2.45, 2.75) is 47.7 Å². The second-order valence-electron chi connectivity index (χ2n) is 20.1. The summed E-state index contributed by atoms with van der Waals surface area (Å²) < 4.78 is 75.7. The Morgan fingerprint density at radius 2 is 0.667 bits per heavy atom. The lowest BCUT2D eigenvalue weighted by Crippen LogP contribution is -2.21. The van der Waals surface area contributed by atoms with Crippen molar-refractivity contribution in [3.63, 3.8) is 0 Å². The third-order valence-electron chi connectivity index (χ3n) is 16.6. The summed E-state index contributed by atoms with van der Waals surface area (Å²) in [6.07, 6.45) is -0.967. The van der Waals surface area contributed by atoms with Gasteiger partial charge in [0.1, 0.15) is 81.2 Å². The van der Waals surface area contributed by atoms with Crippen molar-refractivity contribution in [3.05, 3.63) is 212 Å². The first kappa shape index (κ1) is 50.2. The van der Waals surface area contributed by atoms with Crippen LogP contribution in [0.5, 0.6) is 69.0 Å². The molecule has 12 rings (SSSR count). The van der Waals surface area contributed by atoms with E-state index >= 15 is 0 Å². The maximum Gasteiger partial charge on any atom is 0.135 e. The van der Waals surface area contributed by atoms with Gasteiger partial charge in [0.05, 0.1) is 82.9 Å². The Morgan fingerprint density at radius 3 is 1.15 bits per heavy atom. The molecule has 0 N–H and O–H groups in total. The fourth-order valence-corrected chi connectivity index (χ4v) is 13.2. The molecule has 0 spiro atoms. The molecule has 0 amide bonds. The second-order valence-corrected chi connectivity index (χ2v) is 20.1. The summed E-state index contributed by atoms with van der Waals surface area (Å²) in [5.74, 6) is 6.45. The van der Waals surface area contributed by atoms with E-state index < -0.39 is 18.1 Å². The molecule has 8 atom stereocenters. The molecule has 12 heteroatoms. The number of fused-ring (bicyclic) bond motifs is 3. The van der Waals surface area contributed by atoms with Crippen LogP contribution < -0.4 is 56.8 Å². The molecule has 0 bridgehead atoms. The van der Waals surface area contributed by atoms with Gasteiger partial charge in [0.15, 0.2) is 0 Å². The standard InChI is InChI=1S/C66H62O12/c1-67-40-19-11-35(12-20-40)54-57-49(31-46(73-7)32-50(57)75-9)60-62-53(78-66(60)38-17-25-43(70-4)26-18-38)34-51(76-10)61-59(55(63(54)64(61)62)36-13-21-41(68-2)22-14-36)48-30-47(74-8)33-52-58(48)56(39-27-44(71-5)29-45(28-39)72-6)65(77-52)37-15-23-42(69-3)24-16-37/h11-34,54-56,59-60,63,65-66H,1-10H3/t54-,55-,56+,59-,60?,63?,65-,66+/m1/s1. The Kier molecular flexibility index (Phi) is 13.1. The minimum absolute atomic E-state index is 0.295. The summed E-state index contributed by atoms with van der Waals surface area (Å²) in [4.78, 5) is 0. The maximum absolute atomic E-state index is 7.41. The van der Waals surface area contributed by atoms with Gasteiger partial charge < -0.3 is 56.8 Å². The van der Waals surface area contributed by atoms with Crippen LogP contribution in [0.15, 0.2) is 146 Å². The van der Waals surface area contributed by atoms with Crippen molar-refractivity contribution in [2.75, 3.05) is 71.1 Å². The van der Waals surface area contributed by atoms with Crippen molar-refractivity contribution in [1.29, 1.82) is 0 Å². The van der Waals surface area contributed by atoms with Gasteiger partial charge in [-0.25, -0.2) is 0 Å². The van der Waals surface area contributed by atoms with E-state index in [0.29, 0.717) is 40.2 Å². The van der Waals surface area contributed by atoms with E-state index in [1.165, 1.54) is 0 Å². The SMILES string of the molecule is COc1ccc([C@@H]2c3c(OC)cc(OC)cc3C3c4c(cc(OC)c5c4C2[C@H](c2ccc(OC)cc2)[C@H]5c2cc(OC)cc4c2[C@H](c2cc(OC)cc(OC)c2)[C@@H](c2ccc(OC)cc2)O4)O[C@H]3c2ccc(OC)cc2)cc1. The van der Waals surface area contributed by atoms with E-state index in [1.54, 1.807) is 71.1 Å². The Hall–Kier alpha value is -8.64. The first-order valence-electron chi connectivity index (χ1n) is 26.0. The predicted molar refractivity (Wildman–Crippen MR) is 297 cm³/mol. The molecule has 8 aromatic rings. The van der Waals surface area contributed by atoms with E-state index in [4.69, 9.17) is 56.8 Å². The molecular formula is C66H62O12. The lowest BCUT2D eigenvalue weighted by atomic mass is 9.68. The molecule has 2 aliphatic carbocycles. The molecule has 398 valence electrons. The molecule has 12 nitrogen and oxygen atoms in total. The number of hydrogen-bond acceptors (Lipinski definition) is 12. The monoisotopic (exact) mass is 1050 g/mol. The minimum atomic E-state index is -0.494. The van der Waals surface area contributed by atoms with Gasteiger partial charge in [0.25, 0.3) is 0 Å². The highest BCUT2D eigenvalue weighted by molar-refractivity contribution is 5.74. The van der Waals surface area contributed by atoms with Gasteiger partial charge in [-0.1, -0.05) is 48.5 Å². The topological polar surface area (TPSA) is 111 Å². The zero-order chi connectivity index (χ0) is 53.9. The molecule has 8 aromatic carbocycles. The molecule has 2 aliphatic heterocycles. The number of benzene rings is 8. The lowest BCUT2D eigenvalue weighted by molar-refractivity contribution is 0.221. The number of methoxy groups -OCH3 is 10. The molecule has 0 fully saturated rings. The highest BCUT2D eigenvalue weighted by atomic mass is 16.5. The lowest BCUT2D eigenvalue weighted by Gasteiger charge is -2.35. The summed E-state index contributed by atoms with van der Waals surface area (Å²) in [6, 6.07) is 50.0. The van der Waals surface area contributed by atoms with Crippen molar-refractivity contribution in [2.24, 2.45) is 0 Å². The summed E-state index contributed by atoms with van der Waals surface area (Å²) >= 11 is 0. The smallest absolute Gasteiger partial charge is 0.135 e. The van der Waals surface area contributed by atoms with Gasteiger partial charge in [-0.15, -0.1) is 0 Å². The van der Waals surface area contributed by atoms with Crippen molar-refractivity contribution in [1.82, 2.24) is 0 Å². The number of rotatable bonds is 16. The van der Waals surface area contributed by atoms with E-state index in [2.05, 4.69) is 103 Å². The molecule has 0 radical (unpaired) electrons. The fourth-order valence-electron chi connectivity index (χ4n) is 13.2. The maximum atomic E-state index is 7.41. The quantitative estimate of drug-likeness (QED) is 0.0919. The highest BCUT2D eigenvalue weighted by Crippen LogP contribution is 2.72. The van der Waals surface area contributed by atoms with Crippen LogP contribution >= 0.6 is 0 Å². The molecule has 2 unspecified atom stereocenters. The molecule has 2 heterocycles. The van der Waals surface area contributed by atoms with Gasteiger partial charge in [-0.2, -0.15) is 0 Å². The number of hydrogen-bond donors (Lipinski definition) is 0. The first-order chi connectivity index (χ1) is 38.2. The third-order valence-corrected chi connectivity index (χ3v) is 16.6. The zero-order valence-electron chi connectivity index (χ0n) is 45.4. The minimum Gasteiger partial charge on any atom is -0.497 e. The zero-order valence-corrected chi connectivity index (χ0v) is 45.4. The van der Waals surface area contributed by atoms with Crippen LogP contribution in [0.25, 0.3) is 0 Å². The van der Waals surface area contributed by atoms with Gasteiger partial charge in [-0.05, 0) is 117 Å². The first-order valence-corrected chi connectivity index (χ1v) is 26.0. The van der Waals surface area contributed by atoms with Crippen LogP contribution in [0.2, 0.25) is 0 Å². The molecule has 0 saturated heterocycles. The number of ether oxygens (including phenoxy) is 12. The van der Waals surface area contributed by atoms with Crippen LogP contribution in [0, 0.1) is 0 Å². The van der Waals surface area contributed by atoms with Gasteiger partial charge in [0, 0.05) is 70.2 Å². The Balaban J connectivity index is 1.22. The molecule has 78 heavy (non-hydrogen) atoms. The second kappa shape index (κ2) is 20.4. The van der Waals surface area contributed by atoms with Crippen molar-refractivity contribution in [3.8, 4) is 69.0 Å². The van der Waals surface area contributed by atoms with Crippen LogP contribution in [0.1, 0.15) is 114 Å². The largest absolute Gasteiger partial charge is 0.497 e. The molecular weight excluding hydrogens is 985 g/mol. The van der Waals surface area contributed by atoms with Gasteiger partial charge in [-0.3, -0.25) is 0 Å². The predicted octanol–water partition coefficient (Wildman–Crippen LogP) is 13.5. The molecule has 0 aromatic heterocycles. The average molecular weight is 1050 g/mol. The Morgan fingerprint density at radius 1 is 0.256 bits per heavy atom. The van der Waals surface area contributed by atoms with Crippen molar-refractivity contribution >= 4 is 0 Å². The summed E-state index contributed by atoms with van der Waals surface area (Å²) in [7, 11) is 17.0. The van der Waals surface area contributed by atoms with E-state index in [1.807, 2.05) is 42.5 Å². The van der Waals surface area contributed by atoms with E-state index in [9.17, 15) is 0 Å². The normalized spacial score (nSPS) is 20.9. The summed E-state index contributed by atoms with van der Waals surface area (Å²) in [5.41, 5.74) is 12.5. The van der Waals surface area contributed by atoms with Crippen LogP contribution in [-0.2, 0) is 0 Å². The highest BCUT2D eigenvalue weighted by Gasteiger charge is 2.58. The summed E-state index contributed by atoms with van der Waals surface area (Å²) in [6.45, 7) is 0. The molecule has 4 aliphatic rings. The van der Waals surface area contributed by atoms with Crippen LogP contribution in [0.3, 0.4) is 0 Å². The Bertz CT molecular complexity index is 3500. The van der Waals surface area contributed by atoms with Gasteiger partial charge >= 0.3 is 0 Å². The summed E-state index contributed by atoms with van der Waals surface area (Å²) in [5, 5.41) is 0. The van der Waals surface area contributed by atoms with Crippen molar-refractivity contribution < 1.29 is 56.8 Å². The average Bonchev–Trinajstić information content (AvgIpc) is 3.93. The van der Waals surface area contributed by atoms with E-state index in [-0.39, 0.29) is 29.6 Å². The van der Waals surface area contributed by atoms with Crippen LogP contribution in [0.4, 0.5) is 0 Å². The van der Waals surface area contributed by atoms with Gasteiger partial charge in [0.2, 0.25) is 0 Å². The van der Waals surface area contributed by atoms with Crippen LogP contribution in [-0.4, -0.2) is 71.1 Å². The Labute approximate surface area is 455 Å². The van der Waals surface area contributed by atoms with E-state index in [0.717, 1.165) is 95.5 Å². The molecule has 0 saturated carbocycles. The third kappa shape index (κ3) is 8.10. The fraction of sp³-hybridized carbons (Fsp3) is 0.273.